The van der Waals surface area contributed by atoms with Gasteiger partial charge in [-0.3, -0.25) is 29.6 Å². The van der Waals surface area contributed by atoms with Gasteiger partial charge in [-0.1, -0.05) is 12.1 Å². The summed E-state index contributed by atoms with van der Waals surface area (Å²) in [5.74, 6) is 0. The Morgan fingerprint density at radius 2 is 1.48 bits per heavy atom. The third-order valence-corrected chi connectivity index (χ3v) is 3.86. The summed E-state index contributed by atoms with van der Waals surface area (Å²) in [6.45, 7) is 1.69. The number of nitro groups is 2. The SMILES string of the molecule is Cc1cc(Nc2cccc([N+](=O)[O-])c2)cc(=O)n1-c1cccc([N+](=O)[O-])c1. The molecule has 1 N–H and O–H groups in total. The van der Waals surface area contributed by atoms with E-state index in [1.165, 1.54) is 47.0 Å². The van der Waals surface area contributed by atoms with Gasteiger partial charge in [0.15, 0.2) is 0 Å². The van der Waals surface area contributed by atoms with Crippen LogP contribution in [0.4, 0.5) is 22.7 Å². The number of benzene rings is 2. The fourth-order valence-electron chi connectivity index (χ4n) is 2.72. The number of nitro benzene ring substituents is 2. The molecule has 0 atom stereocenters. The Morgan fingerprint density at radius 1 is 0.852 bits per heavy atom. The van der Waals surface area contributed by atoms with Gasteiger partial charge in [0.2, 0.25) is 0 Å². The fourth-order valence-corrected chi connectivity index (χ4v) is 2.72. The average Bonchev–Trinajstić information content (AvgIpc) is 2.61. The van der Waals surface area contributed by atoms with Crippen molar-refractivity contribution in [2.75, 3.05) is 5.32 Å². The highest BCUT2D eigenvalue weighted by molar-refractivity contribution is 5.62. The Hall–Kier alpha value is -4.01. The van der Waals surface area contributed by atoms with Gasteiger partial charge in [-0.05, 0) is 25.1 Å². The van der Waals surface area contributed by atoms with Gasteiger partial charge in [0.1, 0.15) is 0 Å². The topological polar surface area (TPSA) is 120 Å². The minimum absolute atomic E-state index is 0.0679. The van der Waals surface area contributed by atoms with Crippen molar-refractivity contribution < 1.29 is 9.85 Å². The Labute approximate surface area is 152 Å². The summed E-state index contributed by atoms with van der Waals surface area (Å²) >= 11 is 0. The molecule has 1 aromatic heterocycles. The van der Waals surface area contributed by atoms with Crippen molar-refractivity contribution in [3.8, 4) is 5.69 Å². The van der Waals surface area contributed by atoms with Crippen LogP contribution >= 0.6 is 0 Å². The summed E-state index contributed by atoms with van der Waals surface area (Å²) in [6, 6.07) is 14.7. The molecule has 0 aliphatic heterocycles. The number of non-ortho nitro benzene ring substituents is 2. The summed E-state index contributed by atoms with van der Waals surface area (Å²) in [6.07, 6.45) is 0. The Kier molecular flexibility index (Phi) is 4.67. The van der Waals surface area contributed by atoms with Gasteiger partial charge < -0.3 is 5.32 Å². The molecule has 0 amide bonds. The molecular weight excluding hydrogens is 352 g/mol. The average molecular weight is 366 g/mol. The normalized spacial score (nSPS) is 10.4. The minimum atomic E-state index is -0.526. The number of aryl methyl sites for hydroxylation is 1. The van der Waals surface area contributed by atoms with E-state index in [2.05, 4.69) is 5.32 Å². The fraction of sp³-hybridized carbons (Fsp3) is 0.0556. The molecule has 0 spiro atoms. The second kappa shape index (κ2) is 7.08. The van der Waals surface area contributed by atoms with E-state index in [0.717, 1.165) is 0 Å². The zero-order chi connectivity index (χ0) is 19.6. The highest BCUT2D eigenvalue weighted by atomic mass is 16.6. The van der Waals surface area contributed by atoms with Crippen LogP contribution in [0, 0.1) is 27.2 Å². The van der Waals surface area contributed by atoms with Crippen LogP contribution in [-0.4, -0.2) is 14.4 Å². The van der Waals surface area contributed by atoms with Crippen LogP contribution in [0.2, 0.25) is 0 Å². The highest BCUT2D eigenvalue weighted by Crippen LogP contribution is 2.22. The molecule has 0 bridgehead atoms. The molecule has 136 valence electrons. The lowest BCUT2D eigenvalue weighted by Gasteiger charge is -2.13. The van der Waals surface area contributed by atoms with Gasteiger partial charge in [-0.2, -0.15) is 0 Å². The first-order valence-electron chi connectivity index (χ1n) is 7.85. The first-order chi connectivity index (χ1) is 12.8. The molecule has 1 heterocycles. The predicted octanol–water partition coefficient (Wildman–Crippen LogP) is 3.71. The van der Waals surface area contributed by atoms with Gasteiger partial charge >= 0.3 is 0 Å². The van der Waals surface area contributed by atoms with Crippen molar-refractivity contribution in [3.05, 3.63) is 96.9 Å². The van der Waals surface area contributed by atoms with Crippen LogP contribution in [0.25, 0.3) is 5.69 Å². The van der Waals surface area contributed by atoms with Gasteiger partial charge in [0.25, 0.3) is 16.9 Å². The molecule has 3 aromatic rings. The van der Waals surface area contributed by atoms with E-state index in [0.29, 0.717) is 22.8 Å². The van der Waals surface area contributed by atoms with E-state index in [1.54, 1.807) is 25.1 Å². The van der Waals surface area contributed by atoms with Gasteiger partial charge in [-0.15, -0.1) is 0 Å². The molecule has 0 unspecified atom stereocenters. The van der Waals surface area contributed by atoms with Crippen LogP contribution in [0.3, 0.4) is 0 Å². The van der Waals surface area contributed by atoms with Crippen LogP contribution in [0.15, 0.2) is 65.5 Å². The molecular formula is C18H14N4O5. The Balaban J connectivity index is 1.97. The van der Waals surface area contributed by atoms with Gasteiger partial charge in [0.05, 0.1) is 15.5 Å². The molecule has 3 rings (SSSR count). The molecule has 9 heteroatoms. The molecule has 0 radical (unpaired) electrons. The van der Waals surface area contributed by atoms with Gasteiger partial charge in [-0.25, -0.2) is 0 Å². The lowest BCUT2D eigenvalue weighted by atomic mass is 10.2. The van der Waals surface area contributed by atoms with Crippen LogP contribution in [0.5, 0.6) is 0 Å². The molecule has 9 nitrogen and oxygen atoms in total. The Morgan fingerprint density at radius 3 is 2.11 bits per heavy atom. The number of aromatic nitrogens is 1. The minimum Gasteiger partial charge on any atom is -0.355 e. The first-order valence-corrected chi connectivity index (χ1v) is 7.85. The van der Waals surface area contributed by atoms with Crippen LogP contribution in [-0.2, 0) is 0 Å². The van der Waals surface area contributed by atoms with E-state index in [9.17, 15) is 25.0 Å². The molecule has 2 aromatic carbocycles. The maximum absolute atomic E-state index is 12.6. The predicted molar refractivity (Wildman–Crippen MR) is 99.8 cm³/mol. The van der Waals surface area contributed by atoms with Crippen molar-refractivity contribution in [2.24, 2.45) is 0 Å². The van der Waals surface area contributed by atoms with E-state index in [4.69, 9.17) is 0 Å². The van der Waals surface area contributed by atoms with E-state index >= 15 is 0 Å². The van der Waals surface area contributed by atoms with E-state index in [-0.39, 0.29) is 16.9 Å². The van der Waals surface area contributed by atoms with Crippen molar-refractivity contribution in [3.63, 3.8) is 0 Å². The third-order valence-electron chi connectivity index (χ3n) is 3.86. The number of rotatable bonds is 5. The number of nitrogens with one attached hydrogen (secondary N) is 1. The van der Waals surface area contributed by atoms with Gasteiger partial charge in [0, 0.05) is 47.4 Å². The molecule has 0 aliphatic rings. The second-order valence-electron chi connectivity index (χ2n) is 5.77. The zero-order valence-corrected chi connectivity index (χ0v) is 14.2. The summed E-state index contributed by atoms with van der Waals surface area (Å²) < 4.78 is 1.35. The summed E-state index contributed by atoms with van der Waals surface area (Å²) in [7, 11) is 0. The summed E-state index contributed by atoms with van der Waals surface area (Å²) in [5.41, 5.74) is 1.29. The lowest BCUT2D eigenvalue weighted by Crippen LogP contribution is -2.20. The van der Waals surface area contributed by atoms with E-state index < -0.39 is 9.85 Å². The maximum Gasteiger partial charge on any atom is 0.271 e. The number of hydrogen-bond acceptors (Lipinski definition) is 6. The summed E-state index contributed by atoms with van der Waals surface area (Å²) in [5, 5.41) is 24.8. The van der Waals surface area contributed by atoms with Crippen molar-refractivity contribution in [1.29, 1.82) is 0 Å². The van der Waals surface area contributed by atoms with Crippen molar-refractivity contribution >= 4 is 22.7 Å². The summed E-state index contributed by atoms with van der Waals surface area (Å²) in [4.78, 5) is 33.3. The molecule has 0 fully saturated rings. The molecule has 27 heavy (non-hydrogen) atoms. The standard InChI is InChI=1S/C18H14N4O5/c1-12-8-14(19-13-4-2-6-16(9-13)21(24)25)10-18(23)20(12)15-5-3-7-17(11-15)22(26)27/h2-11,19H,1H3. The number of pyridine rings is 1. The Bertz CT molecular complexity index is 1110. The number of nitrogens with zero attached hydrogens (tertiary/aromatic N) is 3. The maximum atomic E-state index is 12.6. The molecule has 0 aliphatic carbocycles. The highest BCUT2D eigenvalue weighted by Gasteiger charge is 2.11. The first kappa shape index (κ1) is 17.8. The van der Waals surface area contributed by atoms with E-state index in [1.807, 2.05) is 0 Å². The zero-order valence-electron chi connectivity index (χ0n) is 14.2. The third kappa shape index (κ3) is 3.82. The van der Waals surface area contributed by atoms with Crippen molar-refractivity contribution in [1.82, 2.24) is 4.57 Å². The van der Waals surface area contributed by atoms with Crippen LogP contribution in [0.1, 0.15) is 5.69 Å². The monoisotopic (exact) mass is 366 g/mol. The molecule has 0 saturated heterocycles. The number of hydrogen-bond donors (Lipinski definition) is 1. The largest absolute Gasteiger partial charge is 0.355 e. The lowest BCUT2D eigenvalue weighted by molar-refractivity contribution is -0.385. The smallest absolute Gasteiger partial charge is 0.271 e. The quantitative estimate of drug-likeness (QED) is 0.543. The molecule has 0 saturated carbocycles. The van der Waals surface area contributed by atoms with Crippen molar-refractivity contribution in [2.45, 2.75) is 6.92 Å². The van der Waals surface area contributed by atoms with Crippen LogP contribution < -0.4 is 10.9 Å². The second-order valence-corrected chi connectivity index (χ2v) is 5.77. The number of anilines is 2.